The molecule has 2 heterocycles. The van der Waals surface area contributed by atoms with E-state index < -0.39 is 5.91 Å². The summed E-state index contributed by atoms with van der Waals surface area (Å²) in [6.45, 7) is 1.81. The lowest BCUT2D eigenvalue weighted by Gasteiger charge is -2.34. The van der Waals surface area contributed by atoms with Crippen LogP contribution in [0.4, 0.5) is 4.39 Å². The quantitative estimate of drug-likeness (QED) is 0.657. The van der Waals surface area contributed by atoms with E-state index in [-0.39, 0.29) is 29.5 Å². The number of halogens is 1. The third-order valence-electron chi connectivity index (χ3n) is 6.26. The number of benzene rings is 2. The number of Topliss-reactive ketones (excluding diaryl/α,β-unsaturated/α-hetero) is 1. The SMILES string of the molecule is Cc1c(C(=O)NCc2ccccc2F)oc2ccc3c(c12)C(=O)CC1(CCCC1)O3. The van der Waals surface area contributed by atoms with E-state index in [0.29, 0.717) is 39.8 Å². The summed E-state index contributed by atoms with van der Waals surface area (Å²) in [5.74, 6) is -0.0913. The van der Waals surface area contributed by atoms with E-state index in [4.69, 9.17) is 9.15 Å². The summed E-state index contributed by atoms with van der Waals surface area (Å²) < 4.78 is 25.9. The summed E-state index contributed by atoms with van der Waals surface area (Å²) in [6.07, 6.45) is 4.29. The van der Waals surface area contributed by atoms with Crippen LogP contribution in [0.3, 0.4) is 0 Å². The molecule has 3 aromatic rings. The third-order valence-corrected chi connectivity index (χ3v) is 6.26. The number of furan rings is 1. The number of carbonyl (C=O) groups excluding carboxylic acids is 2. The first kappa shape index (κ1) is 18.9. The summed E-state index contributed by atoms with van der Waals surface area (Å²) >= 11 is 0. The number of hydrogen-bond acceptors (Lipinski definition) is 4. The van der Waals surface area contributed by atoms with Crippen molar-refractivity contribution in [1.29, 1.82) is 0 Å². The Hall–Kier alpha value is -3.15. The minimum absolute atomic E-state index is 0.0333. The largest absolute Gasteiger partial charge is 0.486 e. The number of nitrogens with one attached hydrogen (secondary N) is 1. The van der Waals surface area contributed by atoms with E-state index in [1.54, 1.807) is 37.3 Å². The molecule has 0 unspecified atom stereocenters. The predicted molar refractivity (Wildman–Crippen MR) is 109 cm³/mol. The molecule has 1 aromatic heterocycles. The lowest BCUT2D eigenvalue weighted by molar-refractivity contribution is 0.0454. The fourth-order valence-corrected chi connectivity index (χ4v) is 4.75. The maximum Gasteiger partial charge on any atom is 0.287 e. The van der Waals surface area contributed by atoms with Gasteiger partial charge in [0.25, 0.3) is 5.91 Å². The molecule has 2 aromatic carbocycles. The van der Waals surface area contributed by atoms with Gasteiger partial charge in [0.05, 0.1) is 12.0 Å². The van der Waals surface area contributed by atoms with Crippen LogP contribution >= 0.6 is 0 Å². The highest BCUT2D eigenvalue weighted by atomic mass is 19.1. The van der Waals surface area contributed by atoms with Crippen LogP contribution in [0.15, 0.2) is 40.8 Å². The number of ketones is 1. The number of ether oxygens (including phenoxy) is 1. The topological polar surface area (TPSA) is 68.5 Å². The molecule has 0 radical (unpaired) electrons. The molecule has 1 spiro atoms. The van der Waals surface area contributed by atoms with Crippen molar-refractivity contribution in [2.75, 3.05) is 0 Å². The van der Waals surface area contributed by atoms with Gasteiger partial charge in [-0.05, 0) is 50.8 Å². The van der Waals surface area contributed by atoms with Gasteiger partial charge in [-0.25, -0.2) is 4.39 Å². The van der Waals surface area contributed by atoms with Gasteiger partial charge in [0.2, 0.25) is 0 Å². The molecule has 5 nitrogen and oxygen atoms in total. The lowest BCUT2D eigenvalue weighted by atomic mass is 9.87. The van der Waals surface area contributed by atoms with E-state index >= 15 is 0 Å². The zero-order valence-corrected chi connectivity index (χ0v) is 16.7. The average Bonchev–Trinajstić information content (AvgIpc) is 3.31. The van der Waals surface area contributed by atoms with Gasteiger partial charge in [0.1, 0.15) is 22.8 Å². The highest BCUT2D eigenvalue weighted by molar-refractivity contribution is 6.13. The highest BCUT2D eigenvalue weighted by Gasteiger charge is 2.43. The number of fused-ring (bicyclic) bond motifs is 3. The lowest BCUT2D eigenvalue weighted by Crippen LogP contribution is -2.39. The van der Waals surface area contributed by atoms with Gasteiger partial charge in [-0.2, -0.15) is 0 Å². The maximum absolute atomic E-state index is 13.8. The number of amides is 1. The van der Waals surface area contributed by atoms with Crippen LogP contribution in [0.5, 0.6) is 5.75 Å². The molecule has 5 rings (SSSR count). The molecule has 2 aliphatic rings. The molecule has 30 heavy (non-hydrogen) atoms. The van der Waals surface area contributed by atoms with Gasteiger partial charge in [0, 0.05) is 23.1 Å². The van der Waals surface area contributed by atoms with Crippen LogP contribution in [-0.4, -0.2) is 17.3 Å². The Morgan fingerprint density at radius 3 is 2.70 bits per heavy atom. The van der Waals surface area contributed by atoms with Gasteiger partial charge in [-0.1, -0.05) is 18.2 Å². The van der Waals surface area contributed by atoms with Crippen LogP contribution in [0.2, 0.25) is 0 Å². The Morgan fingerprint density at radius 2 is 1.93 bits per heavy atom. The Kier molecular flexibility index (Phi) is 4.38. The summed E-state index contributed by atoms with van der Waals surface area (Å²) in [5.41, 5.74) is 1.57. The molecule has 0 bridgehead atoms. The standard InChI is InChI=1S/C24H22FNO4/c1-14-20-18(29-22(14)23(28)26-13-15-6-2-3-7-16(15)25)8-9-19-21(20)17(27)12-24(30-19)10-4-5-11-24/h2-3,6-9H,4-5,10-13H2,1H3,(H,26,28). The summed E-state index contributed by atoms with van der Waals surface area (Å²) in [4.78, 5) is 25.8. The molecular weight excluding hydrogens is 385 g/mol. The molecule has 1 fully saturated rings. The fourth-order valence-electron chi connectivity index (χ4n) is 4.75. The molecule has 1 aliphatic carbocycles. The summed E-state index contributed by atoms with van der Waals surface area (Å²) in [6, 6.07) is 9.79. The predicted octanol–water partition coefficient (Wildman–Crippen LogP) is 5.09. The minimum Gasteiger partial charge on any atom is -0.486 e. The number of aryl methyl sites for hydroxylation is 1. The van der Waals surface area contributed by atoms with E-state index in [1.165, 1.54) is 6.07 Å². The van der Waals surface area contributed by atoms with E-state index in [2.05, 4.69) is 5.32 Å². The van der Waals surface area contributed by atoms with Crippen molar-refractivity contribution < 1.29 is 23.1 Å². The van der Waals surface area contributed by atoms with Crippen LogP contribution in [0.1, 0.15) is 64.1 Å². The van der Waals surface area contributed by atoms with E-state index in [9.17, 15) is 14.0 Å². The zero-order valence-electron chi connectivity index (χ0n) is 16.7. The normalized spacial score (nSPS) is 17.2. The molecule has 1 saturated carbocycles. The zero-order chi connectivity index (χ0) is 20.9. The van der Waals surface area contributed by atoms with Crippen molar-refractivity contribution in [1.82, 2.24) is 5.32 Å². The van der Waals surface area contributed by atoms with Crippen molar-refractivity contribution in [2.45, 2.75) is 51.2 Å². The summed E-state index contributed by atoms with van der Waals surface area (Å²) in [5, 5.41) is 3.33. The number of hydrogen-bond donors (Lipinski definition) is 1. The van der Waals surface area contributed by atoms with Crippen LogP contribution < -0.4 is 10.1 Å². The fraction of sp³-hybridized carbons (Fsp3) is 0.333. The van der Waals surface area contributed by atoms with Crippen molar-refractivity contribution >= 4 is 22.7 Å². The highest BCUT2D eigenvalue weighted by Crippen LogP contribution is 2.46. The Bertz CT molecular complexity index is 1170. The van der Waals surface area contributed by atoms with Crippen molar-refractivity contribution in [3.63, 3.8) is 0 Å². The smallest absolute Gasteiger partial charge is 0.287 e. The molecule has 6 heteroatoms. The number of rotatable bonds is 3. The second-order valence-corrected chi connectivity index (χ2v) is 8.23. The van der Waals surface area contributed by atoms with Crippen molar-refractivity contribution in [3.05, 3.63) is 64.7 Å². The van der Waals surface area contributed by atoms with Crippen LogP contribution in [-0.2, 0) is 6.54 Å². The third kappa shape index (κ3) is 2.98. The minimum atomic E-state index is -0.447. The van der Waals surface area contributed by atoms with Gasteiger partial charge in [-0.15, -0.1) is 0 Å². The van der Waals surface area contributed by atoms with Gasteiger partial charge in [0.15, 0.2) is 11.5 Å². The first-order valence-electron chi connectivity index (χ1n) is 10.3. The second-order valence-electron chi connectivity index (χ2n) is 8.23. The van der Waals surface area contributed by atoms with Gasteiger partial charge in [-0.3, -0.25) is 9.59 Å². The molecule has 1 N–H and O–H groups in total. The monoisotopic (exact) mass is 407 g/mol. The van der Waals surface area contributed by atoms with E-state index in [0.717, 1.165) is 25.7 Å². The summed E-state index contributed by atoms with van der Waals surface area (Å²) in [7, 11) is 0. The van der Waals surface area contributed by atoms with Crippen molar-refractivity contribution in [3.8, 4) is 5.75 Å². The molecule has 0 atom stereocenters. The molecule has 1 aliphatic heterocycles. The first-order chi connectivity index (χ1) is 14.5. The molecule has 0 saturated heterocycles. The average molecular weight is 407 g/mol. The Morgan fingerprint density at radius 1 is 1.17 bits per heavy atom. The van der Waals surface area contributed by atoms with Crippen LogP contribution in [0.25, 0.3) is 11.0 Å². The second kappa shape index (κ2) is 6.97. The molecular formula is C24H22FNO4. The van der Waals surface area contributed by atoms with Crippen molar-refractivity contribution in [2.24, 2.45) is 0 Å². The van der Waals surface area contributed by atoms with E-state index in [1.807, 2.05) is 0 Å². The number of carbonyl (C=O) groups is 2. The van der Waals surface area contributed by atoms with Gasteiger partial charge >= 0.3 is 0 Å². The van der Waals surface area contributed by atoms with Crippen LogP contribution in [0, 0.1) is 12.7 Å². The molecule has 1 amide bonds. The Labute approximate surface area is 173 Å². The Balaban J connectivity index is 1.48. The maximum atomic E-state index is 13.8. The first-order valence-corrected chi connectivity index (χ1v) is 10.3. The molecule has 154 valence electrons. The van der Waals surface area contributed by atoms with Gasteiger partial charge < -0.3 is 14.5 Å².